The number of benzene rings is 1. The highest BCUT2D eigenvalue weighted by atomic mass is 16.6. The van der Waals surface area contributed by atoms with Gasteiger partial charge in [0.15, 0.2) is 0 Å². The second-order valence-electron chi connectivity index (χ2n) is 5.26. The molecule has 8 nitrogen and oxygen atoms in total. The second-order valence-corrected chi connectivity index (χ2v) is 5.26. The summed E-state index contributed by atoms with van der Waals surface area (Å²) in [6.07, 6.45) is 0. The molecular weight excluding hydrogens is 302 g/mol. The molecule has 1 aliphatic heterocycles. The Balaban J connectivity index is 1.71. The minimum Gasteiger partial charge on any atom is -0.492 e. The quantitative estimate of drug-likeness (QED) is 0.544. The van der Waals surface area contributed by atoms with Crippen LogP contribution in [0.3, 0.4) is 0 Å². The monoisotopic (exact) mass is 323 g/mol. The van der Waals surface area contributed by atoms with Crippen LogP contribution in [0.2, 0.25) is 0 Å². The van der Waals surface area contributed by atoms with Crippen LogP contribution in [0, 0.1) is 10.1 Å². The number of non-ortho nitro benzene ring substituents is 1. The molecule has 0 unspecified atom stereocenters. The Labute approximate surface area is 134 Å². The molecule has 1 aromatic carbocycles. The zero-order valence-corrected chi connectivity index (χ0v) is 13.1. The number of nitro groups is 1. The fraction of sp³-hybridized carbons (Fsp3) is 0.533. The molecule has 0 bridgehead atoms. The van der Waals surface area contributed by atoms with E-state index in [2.05, 4.69) is 4.90 Å². The Kier molecular flexibility index (Phi) is 6.30. The molecule has 0 aliphatic carbocycles. The number of carbonyl (C=O) groups is 1. The number of piperazine rings is 1. The molecular formula is C15H21N3O5. The lowest BCUT2D eigenvalue weighted by Crippen LogP contribution is -2.50. The van der Waals surface area contributed by atoms with Gasteiger partial charge in [-0.1, -0.05) is 6.07 Å². The molecule has 1 heterocycles. The Hall–Kier alpha value is -2.19. The molecule has 23 heavy (non-hydrogen) atoms. The van der Waals surface area contributed by atoms with Crippen LogP contribution in [0.4, 0.5) is 5.69 Å². The van der Waals surface area contributed by atoms with Gasteiger partial charge in [0.25, 0.3) is 5.69 Å². The molecule has 0 spiro atoms. The molecule has 0 aromatic heterocycles. The van der Waals surface area contributed by atoms with Crippen molar-refractivity contribution in [2.75, 3.05) is 53.0 Å². The minimum absolute atomic E-state index is 0.0139. The molecule has 126 valence electrons. The molecule has 0 radical (unpaired) electrons. The first-order valence-electron chi connectivity index (χ1n) is 7.46. The smallest absolute Gasteiger partial charge is 0.273 e. The summed E-state index contributed by atoms with van der Waals surface area (Å²) >= 11 is 0. The van der Waals surface area contributed by atoms with E-state index in [1.165, 1.54) is 19.2 Å². The normalized spacial score (nSPS) is 15.4. The second kappa shape index (κ2) is 8.44. The SMILES string of the molecule is COCC(=O)N1CCN(CCOc2cccc([N+](=O)[O-])c2)CC1. The number of hydrogen-bond acceptors (Lipinski definition) is 6. The van der Waals surface area contributed by atoms with E-state index in [0.717, 1.165) is 19.6 Å². The fourth-order valence-corrected chi connectivity index (χ4v) is 2.42. The van der Waals surface area contributed by atoms with E-state index in [1.54, 1.807) is 17.0 Å². The lowest BCUT2D eigenvalue weighted by molar-refractivity contribution is -0.384. The molecule has 1 saturated heterocycles. The topological polar surface area (TPSA) is 85.2 Å². The Morgan fingerprint density at radius 2 is 2.04 bits per heavy atom. The van der Waals surface area contributed by atoms with Gasteiger partial charge in [-0.2, -0.15) is 0 Å². The van der Waals surface area contributed by atoms with E-state index >= 15 is 0 Å². The number of rotatable bonds is 7. The summed E-state index contributed by atoms with van der Waals surface area (Å²) in [7, 11) is 1.51. The summed E-state index contributed by atoms with van der Waals surface area (Å²) in [4.78, 5) is 26.0. The van der Waals surface area contributed by atoms with Crippen LogP contribution >= 0.6 is 0 Å². The van der Waals surface area contributed by atoms with Crippen LogP contribution in [0.15, 0.2) is 24.3 Å². The van der Waals surface area contributed by atoms with E-state index < -0.39 is 4.92 Å². The third-order valence-corrected chi connectivity index (χ3v) is 3.70. The summed E-state index contributed by atoms with van der Waals surface area (Å²) < 4.78 is 10.4. The highest BCUT2D eigenvalue weighted by Gasteiger charge is 2.20. The van der Waals surface area contributed by atoms with Crippen molar-refractivity contribution in [3.05, 3.63) is 34.4 Å². The summed E-state index contributed by atoms with van der Waals surface area (Å²) in [5.74, 6) is 0.508. The molecule has 1 amide bonds. The van der Waals surface area contributed by atoms with E-state index in [0.29, 0.717) is 25.4 Å². The van der Waals surface area contributed by atoms with Crippen LogP contribution in [0.1, 0.15) is 0 Å². The van der Waals surface area contributed by atoms with Crippen LogP contribution in [-0.2, 0) is 9.53 Å². The van der Waals surface area contributed by atoms with Crippen molar-refractivity contribution in [2.24, 2.45) is 0 Å². The van der Waals surface area contributed by atoms with E-state index in [4.69, 9.17) is 9.47 Å². The highest BCUT2D eigenvalue weighted by Crippen LogP contribution is 2.19. The van der Waals surface area contributed by atoms with E-state index in [1.807, 2.05) is 0 Å². The fourth-order valence-electron chi connectivity index (χ4n) is 2.42. The number of ether oxygens (including phenoxy) is 2. The van der Waals surface area contributed by atoms with Crippen molar-refractivity contribution in [3.63, 3.8) is 0 Å². The maximum atomic E-state index is 11.7. The van der Waals surface area contributed by atoms with Gasteiger partial charge < -0.3 is 14.4 Å². The van der Waals surface area contributed by atoms with Crippen LogP contribution < -0.4 is 4.74 Å². The zero-order chi connectivity index (χ0) is 16.7. The van der Waals surface area contributed by atoms with E-state index in [-0.39, 0.29) is 18.2 Å². The van der Waals surface area contributed by atoms with Crippen LogP contribution in [0.5, 0.6) is 5.75 Å². The van der Waals surface area contributed by atoms with Crippen molar-refractivity contribution in [3.8, 4) is 5.75 Å². The van der Waals surface area contributed by atoms with E-state index in [9.17, 15) is 14.9 Å². The largest absolute Gasteiger partial charge is 0.492 e. The van der Waals surface area contributed by atoms with Gasteiger partial charge in [-0.15, -0.1) is 0 Å². The standard InChI is InChI=1S/C15H21N3O5/c1-22-12-15(19)17-7-5-16(6-8-17)9-10-23-14-4-2-3-13(11-14)18(20)21/h2-4,11H,5-10,12H2,1H3. The Bertz CT molecular complexity index is 544. The summed E-state index contributed by atoms with van der Waals surface area (Å²) in [6, 6.07) is 6.16. The van der Waals surface area contributed by atoms with Gasteiger partial charge >= 0.3 is 0 Å². The summed E-state index contributed by atoms with van der Waals surface area (Å²) in [5, 5.41) is 10.7. The van der Waals surface area contributed by atoms with Crippen molar-refractivity contribution in [1.29, 1.82) is 0 Å². The zero-order valence-electron chi connectivity index (χ0n) is 13.1. The van der Waals surface area contributed by atoms with Gasteiger partial charge in [-0.25, -0.2) is 0 Å². The molecule has 8 heteroatoms. The molecule has 2 rings (SSSR count). The summed E-state index contributed by atoms with van der Waals surface area (Å²) in [6.45, 7) is 4.22. The lowest BCUT2D eigenvalue weighted by Gasteiger charge is -2.34. The third-order valence-electron chi connectivity index (χ3n) is 3.70. The first kappa shape index (κ1) is 17.2. The average Bonchev–Trinajstić information content (AvgIpc) is 2.56. The number of hydrogen-bond donors (Lipinski definition) is 0. The molecule has 0 N–H and O–H groups in total. The van der Waals surface area contributed by atoms with Gasteiger partial charge in [0.05, 0.1) is 11.0 Å². The number of nitrogens with zero attached hydrogens (tertiary/aromatic N) is 3. The van der Waals surface area contributed by atoms with Crippen molar-refractivity contribution in [1.82, 2.24) is 9.80 Å². The molecule has 1 fully saturated rings. The van der Waals surface area contributed by atoms with Crippen molar-refractivity contribution < 1.29 is 19.2 Å². The number of nitro benzene ring substituents is 1. The lowest BCUT2D eigenvalue weighted by atomic mass is 10.3. The predicted molar refractivity (Wildman–Crippen MR) is 83.5 cm³/mol. The molecule has 1 aromatic rings. The highest BCUT2D eigenvalue weighted by molar-refractivity contribution is 5.77. The van der Waals surface area contributed by atoms with Crippen LogP contribution in [0.25, 0.3) is 0 Å². The number of carbonyl (C=O) groups excluding carboxylic acids is 1. The predicted octanol–water partition coefficient (Wildman–Crippen LogP) is 0.764. The van der Waals surface area contributed by atoms with Crippen molar-refractivity contribution in [2.45, 2.75) is 0 Å². The molecule has 0 saturated carbocycles. The van der Waals surface area contributed by atoms with Gasteiger partial charge in [-0.05, 0) is 6.07 Å². The van der Waals surface area contributed by atoms with Crippen molar-refractivity contribution >= 4 is 11.6 Å². The maximum absolute atomic E-state index is 11.7. The van der Waals surface area contributed by atoms with Gasteiger partial charge in [0, 0.05) is 45.9 Å². The molecule has 1 aliphatic rings. The van der Waals surface area contributed by atoms with Gasteiger partial charge in [-0.3, -0.25) is 19.8 Å². The Morgan fingerprint density at radius 3 is 2.70 bits per heavy atom. The first-order valence-corrected chi connectivity index (χ1v) is 7.46. The van der Waals surface area contributed by atoms with Gasteiger partial charge in [0.2, 0.25) is 5.91 Å². The molecule has 0 atom stereocenters. The summed E-state index contributed by atoms with van der Waals surface area (Å²) in [5.41, 5.74) is 0.0211. The maximum Gasteiger partial charge on any atom is 0.273 e. The average molecular weight is 323 g/mol. The number of methoxy groups -OCH3 is 1. The van der Waals surface area contributed by atoms with Gasteiger partial charge in [0.1, 0.15) is 19.0 Å². The minimum atomic E-state index is -0.441. The van der Waals surface area contributed by atoms with Crippen LogP contribution in [-0.4, -0.2) is 73.7 Å². The Morgan fingerprint density at radius 1 is 1.30 bits per heavy atom. The first-order chi connectivity index (χ1) is 11.1. The number of amides is 1. The third kappa shape index (κ3) is 5.19.